The highest BCUT2D eigenvalue weighted by atomic mass is 15.3. The first kappa shape index (κ1) is 21.2. The Hall–Kier alpha value is -3.62. The van der Waals surface area contributed by atoms with Crippen LogP contribution in [0, 0.1) is 18.3 Å². The van der Waals surface area contributed by atoms with E-state index in [1.54, 1.807) is 0 Å². The van der Waals surface area contributed by atoms with Gasteiger partial charge in [0.25, 0.3) is 0 Å². The largest absolute Gasteiger partial charge is 0.355 e. The van der Waals surface area contributed by atoms with Crippen LogP contribution in [0.15, 0.2) is 60.7 Å². The number of fused-ring (bicyclic) bond motifs is 3. The van der Waals surface area contributed by atoms with Gasteiger partial charge in [-0.3, -0.25) is 9.30 Å². The molecule has 0 spiro atoms. The number of nitriles is 1. The van der Waals surface area contributed by atoms with Gasteiger partial charge in [-0.1, -0.05) is 61.5 Å². The molecule has 166 valence electrons. The van der Waals surface area contributed by atoms with Gasteiger partial charge in [0.2, 0.25) is 0 Å². The molecule has 5 heteroatoms. The third-order valence-corrected chi connectivity index (χ3v) is 6.70. The summed E-state index contributed by atoms with van der Waals surface area (Å²) in [4.78, 5) is 9.85. The van der Waals surface area contributed by atoms with Gasteiger partial charge in [0, 0.05) is 32.7 Å². The van der Waals surface area contributed by atoms with E-state index in [-0.39, 0.29) is 0 Å². The van der Waals surface area contributed by atoms with Crippen molar-refractivity contribution >= 4 is 28.6 Å². The molecule has 0 unspecified atom stereocenters. The van der Waals surface area contributed by atoms with Crippen LogP contribution in [-0.2, 0) is 6.42 Å². The summed E-state index contributed by atoms with van der Waals surface area (Å²) in [6, 6.07) is 21.1. The van der Waals surface area contributed by atoms with Gasteiger partial charge in [0.05, 0.1) is 16.6 Å². The van der Waals surface area contributed by atoms with E-state index in [9.17, 15) is 5.26 Å². The fourth-order valence-electron chi connectivity index (χ4n) is 4.96. The van der Waals surface area contributed by atoms with Crippen LogP contribution in [0.25, 0.3) is 22.8 Å². The summed E-state index contributed by atoms with van der Waals surface area (Å²) in [5.41, 5.74) is 7.03. The van der Waals surface area contributed by atoms with Gasteiger partial charge in [0.1, 0.15) is 11.9 Å². The molecule has 0 radical (unpaired) electrons. The molecular weight excluding hydrogens is 406 g/mol. The molecule has 1 fully saturated rings. The Morgan fingerprint density at radius 3 is 2.45 bits per heavy atom. The lowest BCUT2D eigenvalue weighted by Gasteiger charge is -2.37. The van der Waals surface area contributed by atoms with E-state index in [0.29, 0.717) is 5.56 Å². The maximum absolute atomic E-state index is 9.93. The summed E-state index contributed by atoms with van der Waals surface area (Å²) in [6.45, 7) is 9.15. The number of hydrogen-bond donors (Lipinski definition) is 0. The van der Waals surface area contributed by atoms with Crippen LogP contribution in [0.4, 0.5) is 5.82 Å². The van der Waals surface area contributed by atoms with Crippen molar-refractivity contribution in [2.24, 2.45) is 0 Å². The molecular formula is C28H29N5. The molecule has 0 aliphatic carbocycles. The Morgan fingerprint density at radius 2 is 1.73 bits per heavy atom. The minimum absolute atomic E-state index is 0.691. The number of imidazole rings is 1. The third-order valence-electron chi connectivity index (χ3n) is 6.70. The number of aromatic nitrogens is 2. The van der Waals surface area contributed by atoms with E-state index >= 15 is 0 Å². The van der Waals surface area contributed by atoms with Crippen LogP contribution in [0.5, 0.6) is 0 Å². The third kappa shape index (κ3) is 3.88. The maximum Gasteiger partial charge on any atom is 0.157 e. The van der Waals surface area contributed by atoms with Gasteiger partial charge in [0.15, 0.2) is 5.65 Å². The van der Waals surface area contributed by atoms with E-state index < -0.39 is 0 Å². The van der Waals surface area contributed by atoms with Crippen LogP contribution in [0.3, 0.4) is 0 Å². The number of hydrogen-bond acceptors (Lipinski definition) is 4. The summed E-state index contributed by atoms with van der Waals surface area (Å²) in [5.74, 6) is 1.21. The van der Waals surface area contributed by atoms with Crippen molar-refractivity contribution < 1.29 is 0 Å². The highest BCUT2D eigenvalue weighted by Gasteiger charge is 2.25. The SMILES string of the molecule is CCc1c(C)c(C#N)c2nc3ccccc3n2c1N1CCN(C/C=C/c2ccccc2)CC1. The van der Waals surface area contributed by atoms with Gasteiger partial charge >= 0.3 is 0 Å². The van der Waals surface area contributed by atoms with Crippen LogP contribution < -0.4 is 4.90 Å². The minimum atomic E-state index is 0.691. The molecule has 33 heavy (non-hydrogen) atoms. The van der Waals surface area contributed by atoms with Crippen LogP contribution in [0.1, 0.15) is 29.2 Å². The van der Waals surface area contributed by atoms with E-state index in [0.717, 1.165) is 61.4 Å². The van der Waals surface area contributed by atoms with Crippen molar-refractivity contribution in [1.82, 2.24) is 14.3 Å². The lowest BCUT2D eigenvalue weighted by Crippen LogP contribution is -2.47. The Kier molecular flexibility index (Phi) is 5.85. The average molecular weight is 436 g/mol. The quantitative estimate of drug-likeness (QED) is 0.439. The van der Waals surface area contributed by atoms with Crippen molar-refractivity contribution in [3.05, 3.63) is 82.9 Å². The Labute approximate surface area is 195 Å². The molecule has 3 heterocycles. The van der Waals surface area contributed by atoms with Crippen molar-refractivity contribution in [3.63, 3.8) is 0 Å². The molecule has 1 aliphatic heterocycles. The number of anilines is 1. The zero-order valence-corrected chi connectivity index (χ0v) is 19.3. The fraction of sp³-hybridized carbons (Fsp3) is 0.286. The fourth-order valence-corrected chi connectivity index (χ4v) is 4.96. The van der Waals surface area contributed by atoms with Gasteiger partial charge in [-0.05, 0) is 42.2 Å². The van der Waals surface area contributed by atoms with Crippen molar-refractivity contribution in [2.45, 2.75) is 20.3 Å². The predicted molar refractivity (Wildman–Crippen MR) is 136 cm³/mol. The van der Waals surface area contributed by atoms with Gasteiger partial charge in [-0.25, -0.2) is 4.98 Å². The molecule has 0 bridgehead atoms. The topological polar surface area (TPSA) is 47.6 Å². The van der Waals surface area contributed by atoms with Crippen LogP contribution >= 0.6 is 0 Å². The Morgan fingerprint density at radius 1 is 1.00 bits per heavy atom. The molecule has 0 saturated carbocycles. The molecule has 0 amide bonds. The molecule has 4 aromatic rings. The van der Waals surface area contributed by atoms with Gasteiger partial charge in [-0.15, -0.1) is 0 Å². The second kappa shape index (κ2) is 9.09. The second-order valence-electron chi connectivity index (χ2n) is 8.63. The lowest BCUT2D eigenvalue weighted by molar-refractivity contribution is 0.283. The normalized spacial score (nSPS) is 15.0. The molecule has 5 rings (SSSR count). The minimum Gasteiger partial charge on any atom is -0.355 e. The highest BCUT2D eigenvalue weighted by Crippen LogP contribution is 2.34. The molecule has 5 nitrogen and oxygen atoms in total. The Balaban J connectivity index is 1.46. The first-order valence-electron chi connectivity index (χ1n) is 11.7. The number of pyridine rings is 1. The van der Waals surface area contributed by atoms with Gasteiger partial charge in [-0.2, -0.15) is 5.26 Å². The molecule has 1 saturated heterocycles. The lowest BCUT2D eigenvalue weighted by atomic mass is 10.0. The summed E-state index contributed by atoms with van der Waals surface area (Å²) in [7, 11) is 0. The molecule has 2 aromatic heterocycles. The van der Waals surface area contributed by atoms with E-state index in [2.05, 4.69) is 82.7 Å². The highest BCUT2D eigenvalue weighted by molar-refractivity contribution is 5.86. The first-order valence-corrected chi connectivity index (χ1v) is 11.7. The first-order chi connectivity index (χ1) is 16.2. The number of piperazine rings is 1. The molecule has 1 aliphatic rings. The Bertz CT molecular complexity index is 1350. The monoisotopic (exact) mass is 435 g/mol. The number of para-hydroxylation sites is 2. The zero-order valence-electron chi connectivity index (χ0n) is 19.3. The standard InChI is InChI=1S/C28H29N5/c1-3-23-21(2)24(20-29)27-30-25-13-7-8-14-26(25)33(27)28(23)32-18-16-31(17-19-32)15-9-12-22-10-5-4-6-11-22/h4-14H,3,15-19H2,1-2H3/b12-9+. The van der Waals surface area contributed by atoms with E-state index in [1.165, 1.54) is 16.9 Å². The van der Waals surface area contributed by atoms with Crippen LogP contribution in [0.2, 0.25) is 0 Å². The van der Waals surface area contributed by atoms with E-state index in [4.69, 9.17) is 4.98 Å². The van der Waals surface area contributed by atoms with Crippen molar-refractivity contribution in [1.29, 1.82) is 5.26 Å². The maximum atomic E-state index is 9.93. The molecule has 0 atom stereocenters. The second-order valence-corrected chi connectivity index (χ2v) is 8.63. The summed E-state index contributed by atoms with van der Waals surface area (Å²) < 4.78 is 2.23. The van der Waals surface area contributed by atoms with Crippen molar-refractivity contribution in [2.75, 3.05) is 37.6 Å². The summed E-state index contributed by atoms with van der Waals surface area (Å²) in [5, 5.41) is 9.93. The molecule has 2 aromatic carbocycles. The smallest absolute Gasteiger partial charge is 0.157 e. The summed E-state index contributed by atoms with van der Waals surface area (Å²) in [6.07, 6.45) is 5.35. The van der Waals surface area contributed by atoms with E-state index in [1.807, 2.05) is 18.2 Å². The summed E-state index contributed by atoms with van der Waals surface area (Å²) >= 11 is 0. The van der Waals surface area contributed by atoms with Crippen LogP contribution in [-0.4, -0.2) is 47.0 Å². The van der Waals surface area contributed by atoms with Gasteiger partial charge < -0.3 is 4.90 Å². The zero-order chi connectivity index (χ0) is 22.8. The average Bonchev–Trinajstić information content (AvgIpc) is 3.23. The number of benzene rings is 2. The number of nitrogens with zero attached hydrogens (tertiary/aromatic N) is 5. The predicted octanol–water partition coefficient (Wildman–Crippen LogP) is 5.07. The molecule has 0 N–H and O–H groups in total. The number of rotatable bonds is 5. The van der Waals surface area contributed by atoms with Crippen molar-refractivity contribution in [3.8, 4) is 6.07 Å².